The zero-order valence-corrected chi connectivity index (χ0v) is 10.2. The third-order valence-electron chi connectivity index (χ3n) is 2.40. The molecule has 0 unspecified atom stereocenters. The molecule has 2 aromatic rings. The molecule has 0 aliphatic rings. The first-order chi connectivity index (χ1) is 9.06. The molecule has 3 N–H and O–H groups in total. The lowest BCUT2D eigenvalue weighted by molar-refractivity contribution is -0.118. The Hall–Kier alpha value is -2.81. The molecule has 0 bridgehead atoms. The SMILES string of the molecule is CC(=O)NCC#Cc1ccc2[nH]c(=O)[nH]c(=O)c2c1. The molecule has 1 aromatic carbocycles. The van der Waals surface area contributed by atoms with Crippen LogP contribution in [-0.2, 0) is 4.79 Å². The number of amides is 1. The van der Waals surface area contributed by atoms with Crippen molar-refractivity contribution in [2.75, 3.05) is 6.54 Å². The van der Waals surface area contributed by atoms with Gasteiger partial charge >= 0.3 is 5.69 Å². The monoisotopic (exact) mass is 257 g/mol. The van der Waals surface area contributed by atoms with Gasteiger partial charge in [-0.1, -0.05) is 11.8 Å². The first-order valence-electron chi connectivity index (χ1n) is 5.56. The first-order valence-corrected chi connectivity index (χ1v) is 5.56. The highest BCUT2D eigenvalue weighted by Crippen LogP contribution is 2.07. The van der Waals surface area contributed by atoms with Crippen molar-refractivity contribution in [1.82, 2.24) is 15.3 Å². The van der Waals surface area contributed by atoms with Crippen LogP contribution in [0, 0.1) is 11.8 Å². The van der Waals surface area contributed by atoms with E-state index in [1.54, 1.807) is 18.2 Å². The van der Waals surface area contributed by atoms with Crippen molar-refractivity contribution in [2.45, 2.75) is 6.92 Å². The van der Waals surface area contributed by atoms with E-state index in [0.717, 1.165) is 0 Å². The number of fused-ring (bicyclic) bond motifs is 1. The van der Waals surface area contributed by atoms with Crippen LogP contribution in [0.1, 0.15) is 12.5 Å². The lowest BCUT2D eigenvalue weighted by Crippen LogP contribution is -2.21. The largest absolute Gasteiger partial charge is 0.345 e. The Bertz CT molecular complexity index is 805. The number of carbonyl (C=O) groups excluding carboxylic acids is 1. The molecular formula is C13H11N3O3. The van der Waals surface area contributed by atoms with Crippen LogP contribution in [0.25, 0.3) is 10.9 Å². The van der Waals surface area contributed by atoms with Gasteiger partial charge in [-0.15, -0.1) is 0 Å². The summed E-state index contributed by atoms with van der Waals surface area (Å²) in [4.78, 5) is 38.0. The summed E-state index contributed by atoms with van der Waals surface area (Å²) in [5, 5.41) is 2.91. The van der Waals surface area contributed by atoms with Crippen LogP contribution >= 0.6 is 0 Å². The highest BCUT2D eigenvalue weighted by Gasteiger charge is 2.00. The minimum Gasteiger partial charge on any atom is -0.345 e. The standard InChI is InChI=1S/C13H11N3O3/c1-8(17)14-6-2-3-9-4-5-11-10(7-9)12(18)16-13(19)15-11/h4-5,7H,6H2,1H3,(H,14,17)(H2,15,16,18,19). The molecule has 96 valence electrons. The predicted octanol–water partition coefficient (Wildman–Crippen LogP) is -0.296. The summed E-state index contributed by atoms with van der Waals surface area (Å²) >= 11 is 0. The van der Waals surface area contributed by atoms with Crippen LogP contribution in [0.4, 0.5) is 0 Å². The summed E-state index contributed by atoms with van der Waals surface area (Å²) in [5.74, 6) is 5.44. The molecular weight excluding hydrogens is 246 g/mol. The minimum atomic E-state index is -0.540. The van der Waals surface area contributed by atoms with Crippen molar-refractivity contribution in [3.05, 3.63) is 44.6 Å². The maximum Gasteiger partial charge on any atom is 0.326 e. The van der Waals surface area contributed by atoms with Crippen molar-refractivity contribution in [2.24, 2.45) is 0 Å². The van der Waals surface area contributed by atoms with Gasteiger partial charge in [0.2, 0.25) is 5.91 Å². The van der Waals surface area contributed by atoms with Gasteiger partial charge in [-0.25, -0.2) is 4.79 Å². The maximum atomic E-state index is 11.6. The predicted molar refractivity (Wildman–Crippen MR) is 70.8 cm³/mol. The van der Waals surface area contributed by atoms with E-state index in [-0.39, 0.29) is 12.5 Å². The number of aromatic nitrogens is 2. The zero-order chi connectivity index (χ0) is 13.8. The van der Waals surface area contributed by atoms with Gasteiger partial charge in [0.15, 0.2) is 0 Å². The van der Waals surface area contributed by atoms with Crippen molar-refractivity contribution >= 4 is 16.8 Å². The lowest BCUT2D eigenvalue weighted by Gasteiger charge is -1.97. The second-order valence-corrected chi connectivity index (χ2v) is 3.88. The Balaban J connectivity index is 2.34. The van der Waals surface area contributed by atoms with E-state index in [1.165, 1.54) is 6.92 Å². The second-order valence-electron chi connectivity index (χ2n) is 3.88. The Labute approximate surface area is 107 Å². The molecule has 0 radical (unpaired) electrons. The fraction of sp³-hybridized carbons (Fsp3) is 0.154. The molecule has 1 heterocycles. The third kappa shape index (κ3) is 3.10. The van der Waals surface area contributed by atoms with Gasteiger partial charge in [-0.3, -0.25) is 14.6 Å². The molecule has 6 heteroatoms. The fourth-order valence-corrected chi connectivity index (χ4v) is 1.56. The van der Waals surface area contributed by atoms with Crippen LogP contribution in [0.5, 0.6) is 0 Å². The number of H-pyrrole nitrogens is 2. The number of rotatable bonds is 1. The van der Waals surface area contributed by atoms with Crippen LogP contribution in [0.15, 0.2) is 27.8 Å². The summed E-state index contributed by atoms with van der Waals surface area (Å²) < 4.78 is 0. The summed E-state index contributed by atoms with van der Waals surface area (Å²) in [6.45, 7) is 1.66. The van der Waals surface area contributed by atoms with Gasteiger partial charge in [-0.05, 0) is 18.2 Å². The molecule has 1 amide bonds. The van der Waals surface area contributed by atoms with Gasteiger partial charge in [0.25, 0.3) is 5.56 Å². The molecule has 0 saturated heterocycles. The van der Waals surface area contributed by atoms with Gasteiger partial charge in [0.05, 0.1) is 17.4 Å². The van der Waals surface area contributed by atoms with E-state index in [4.69, 9.17) is 0 Å². The lowest BCUT2D eigenvalue weighted by atomic mass is 10.1. The molecule has 1 aromatic heterocycles. The number of nitrogens with one attached hydrogen (secondary N) is 3. The number of aromatic amines is 2. The zero-order valence-electron chi connectivity index (χ0n) is 10.2. The number of benzene rings is 1. The van der Waals surface area contributed by atoms with E-state index < -0.39 is 11.2 Å². The average molecular weight is 257 g/mol. The van der Waals surface area contributed by atoms with Crippen LogP contribution < -0.4 is 16.6 Å². The molecule has 0 atom stereocenters. The molecule has 2 rings (SSSR count). The molecule has 6 nitrogen and oxygen atoms in total. The summed E-state index contributed by atoms with van der Waals surface area (Å²) in [7, 11) is 0. The normalized spacial score (nSPS) is 9.74. The second kappa shape index (κ2) is 5.23. The number of carbonyl (C=O) groups is 1. The Morgan fingerprint density at radius 2 is 2.11 bits per heavy atom. The number of hydrogen-bond acceptors (Lipinski definition) is 3. The summed E-state index contributed by atoms with van der Waals surface area (Å²) in [6, 6.07) is 4.90. The van der Waals surface area contributed by atoms with Gasteiger partial charge < -0.3 is 10.3 Å². The van der Waals surface area contributed by atoms with Crippen molar-refractivity contribution < 1.29 is 4.79 Å². The topological polar surface area (TPSA) is 94.8 Å². The Morgan fingerprint density at radius 3 is 2.84 bits per heavy atom. The molecule has 0 aliphatic carbocycles. The van der Waals surface area contributed by atoms with Crippen molar-refractivity contribution in [3.63, 3.8) is 0 Å². The van der Waals surface area contributed by atoms with E-state index in [2.05, 4.69) is 27.1 Å². The number of hydrogen-bond donors (Lipinski definition) is 3. The third-order valence-corrected chi connectivity index (χ3v) is 2.40. The highest BCUT2D eigenvalue weighted by molar-refractivity contribution is 5.78. The first kappa shape index (κ1) is 12.6. The Morgan fingerprint density at radius 1 is 1.32 bits per heavy atom. The molecule has 0 fully saturated rings. The fourth-order valence-electron chi connectivity index (χ4n) is 1.56. The van der Waals surface area contributed by atoms with E-state index >= 15 is 0 Å². The highest BCUT2D eigenvalue weighted by atomic mass is 16.2. The summed E-state index contributed by atoms with van der Waals surface area (Å²) in [5.41, 5.74) is 0.0998. The molecule has 0 aliphatic heterocycles. The quantitative estimate of drug-likeness (QED) is 0.612. The average Bonchev–Trinajstić information content (AvgIpc) is 2.35. The van der Waals surface area contributed by atoms with Gasteiger partial charge in [0, 0.05) is 12.5 Å². The van der Waals surface area contributed by atoms with Crippen LogP contribution in [-0.4, -0.2) is 22.4 Å². The van der Waals surface area contributed by atoms with E-state index in [0.29, 0.717) is 16.5 Å². The molecule has 19 heavy (non-hydrogen) atoms. The van der Waals surface area contributed by atoms with E-state index in [9.17, 15) is 14.4 Å². The summed E-state index contributed by atoms with van der Waals surface area (Å²) in [6.07, 6.45) is 0. The van der Waals surface area contributed by atoms with Crippen LogP contribution in [0.3, 0.4) is 0 Å². The molecule has 0 saturated carbocycles. The van der Waals surface area contributed by atoms with Crippen molar-refractivity contribution in [3.8, 4) is 11.8 Å². The smallest absolute Gasteiger partial charge is 0.326 e. The van der Waals surface area contributed by atoms with E-state index in [1.807, 2.05) is 0 Å². The van der Waals surface area contributed by atoms with Gasteiger partial charge in [0.1, 0.15) is 0 Å². The maximum absolute atomic E-state index is 11.6. The van der Waals surface area contributed by atoms with Crippen molar-refractivity contribution in [1.29, 1.82) is 0 Å². The van der Waals surface area contributed by atoms with Gasteiger partial charge in [-0.2, -0.15) is 0 Å². The Kier molecular flexibility index (Phi) is 3.48. The van der Waals surface area contributed by atoms with Crippen LogP contribution in [0.2, 0.25) is 0 Å². The minimum absolute atomic E-state index is 0.151. The molecule has 0 spiro atoms.